The highest BCUT2D eigenvalue weighted by molar-refractivity contribution is 6.31. The fraction of sp³-hybridized carbons (Fsp3) is 0.625. The molecule has 2 saturated heterocycles. The molecule has 0 radical (unpaired) electrons. The number of pyridine rings is 1. The van der Waals surface area contributed by atoms with Gasteiger partial charge in [-0.2, -0.15) is 0 Å². The number of hydrogen-bond donors (Lipinski definition) is 1. The average molecular weight is 337 g/mol. The number of nitrogens with one attached hydrogen (secondary N) is 1. The van der Waals surface area contributed by atoms with Crippen LogP contribution in [-0.4, -0.2) is 61.2 Å². The topological polar surface area (TPSA) is 57.7 Å². The summed E-state index contributed by atoms with van der Waals surface area (Å²) in [5.74, 6) is 2.06. The van der Waals surface area contributed by atoms with E-state index in [4.69, 9.17) is 16.3 Å². The second kappa shape index (κ2) is 5.83. The third-order valence-corrected chi connectivity index (χ3v) is 5.48. The van der Waals surface area contributed by atoms with E-state index in [1.807, 2.05) is 11.8 Å². The number of aromatic nitrogens is 1. The number of carbonyl (C=O) groups excluding carboxylic acids is 1. The van der Waals surface area contributed by atoms with Gasteiger partial charge in [0.25, 0.3) is 0 Å². The van der Waals surface area contributed by atoms with Gasteiger partial charge in [-0.3, -0.25) is 4.79 Å². The molecule has 0 saturated carbocycles. The summed E-state index contributed by atoms with van der Waals surface area (Å²) >= 11 is 6.14. The molecular weight excluding hydrogens is 316 g/mol. The number of fused-ring (bicyclic) bond motifs is 3. The second-order valence-electron chi connectivity index (χ2n) is 6.52. The number of halogens is 1. The fourth-order valence-corrected chi connectivity index (χ4v) is 3.84. The molecule has 3 aliphatic rings. The van der Waals surface area contributed by atoms with Crippen molar-refractivity contribution in [2.75, 3.05) is 44.2 Å². The van der Waals surface area contributed by atoms with Crippen LogP contribution in [0.5, 0.6) is 5.75 Å². The van der Waals surface area contributed by atoms with Gasteiger partial charge in [0.05, 0.1) is 17.0 Å². The molecule has 1 amide bonds. The molecule has 2 unspecified atom stereocenters. The van der Waals surface area contributed by atoms with Crippen molar-refractivity contribution in [3.63, 3.8) is 0 Å². The van der Waals surface area contributed by atoms with Gasteiger partial charge in [-0.25, -0.2) is 4.98 Å². The minimum atomic E-state index is 0.137. The zero-order chi connectivity index (χ0) is 16.0. The first-order chi connectivity index (χ1) is 11.1. The number of nitrogens with zero attached hydrogens (tertiary/aromatic N) is 3. The van der Waals surface area contributed by atoms with Crippen molar-refractivity contribution in [3.8, 4) is 5.75 Å². The molecule has 7 heteroatoms. The van der Waals surface area contributed by atoms with Crippen LogP contribution in [0.15, 0.2) is 6.20 Å². The van der Waals surface area contributed by atoms with Crippen molar-refractivity contribution in [1.82, 2.24) is 15.2 Å². The molecule has 23 heavy (non-hydrogen) atoms. The van der Waals surface area contributed by atoms with Gasteiger partial charge in [0, 0.05) is 37.9 Å². The largest absolute Gasteiger partial charge is 0.487 e. The highest BCUT2D eigenvalue weighted by atomic mass is 35.5. The Morgan fingerprint density at radius 3 is 3.13 bits per heavy atom. The van der Waals surface area contributed by atoms with Gasteiger partial charge < -0.3 is 19.9 Å². The summed E-state index contributed by atoms with van der Waals surface area (Å²) in [6.07, 6.45) is 2.63. The summed E-state index contributed by atoms with van der Waals surface area (Å²) in [5, 5.41) is 3.90. The Labute approximate surface area is 140 Å². The molecule has 0 bridgehead atoms. The summed E-state index contributed by atoms with van der Waals surface area (Å²) in [4.78, 5) is 21.3. The normalized spacial score (nSPS) is 26.5. The molecule has 4 rings (SSSR count). The second-order valence-corrected chi connectivity index (χ2v) is 6.92. The number of hydrogen-bond acceptors (Lipinski definition) is 5. The molecule has 0 aliphatic carbocycles. The molecule has 1 aromatic rings. The van der Waals surface area contributed by atoms with E-state index in [-0.39, 0.29) is 17.9 Å². The molecule has 6 nitrogen and oxygen atoms in total. The van der Waals surface area contributed by atoms with Crippen LogP contribution in [0.4, 0.5) is 5.82 Å². The number of carbonyl (C=O) groups is 1. The number of rotatable bonds is 1. The number of anilines is 1. The van der Waals surface area contributed by atoms with E-state index in [0.29, 0.717) is 18.2 Å². The van der Waals surface area contributed by atoms with Crippen LogP contribution in [0.3, 0.4) is 0 Å². The zero-order valence-corrected chi connectivity index (χ0v) is 14.0. The van der Waals surface area contributed by atoms with Crippen LogP contribution in [-0.2, 0) is 4.79 Å². The Bertz CT molecular complexity index is 633. The standard InChI is InChI=1S/C16H21ClN4O2/c1-10-13(17)7-19-15-14(10)23-9-12-8-20(4-5-21(12)15)16(22)11-2-3-18-6-11/h7,11-12,18H,2-6,8-9H2,1H3. The van der Waals surface area contributed by atoms with Gasteiger partial charge in [-0.05, 0) is 19.9 Å². The van der Waals surface area contributed by atoms with Gasteiger partial charge in [-0.1, -0.05) is 11.6 Å². The molecule has 2 fully saturated rings. The van der Waals surface area contributed by atoms with Crippen LogP contribution in [0, 0.1) is 12.8 Å². The lowest BCUT2D eigenvalue weighted by Gasteiger charge is -2.45. The molecule has 4 heterocycles. The van der Waals surface area contributed by atoms with Crippen LogP contribution in [0.2, 0.25) is 5.02 Å². The summed E-state index contributed by atoms with van der Waals surface area (Å²) in [6.45, 7) is 6.52. The molecule has 3 aliphatic heterocycles. The van der Waals surface area contributed by atoms with Crippen LogP contribution in [0.1, 0.15) is 12.0 Å². The van der Waals surface area contributed by atoms with Crippen LogP contribution in [0.25, 0.3) is 0 Å². The number of ether oxygens (including phenoxy) is 1. The maximum Gasteiger partial charge on any atom is 0.227 e. The van der Waals surface area contributed by atoms with E-state index in [1.54, 1.807) is 6.20 Å². The molecule has 2 atom stereocenters. The van der Waals surface area contributed by atoms with Crippen molar-refractivity contribution < 1.29 is 9.53 Å². The predicted molar refractivity (Wildman–Crippen MR) is 88.2 cm³/mol. The average Bonchev–Trinajstić information content (AvgIpc) is 3.11. The van der Waals surface area contributed by atoms with Gasteiger partial charge in [0.1, 0.15) is 6.61 Å². The SMILES string of the molecule is Cc1c(Cl)cnc2c1OCC1CN(C(=O)C3CCNC3)CCN21. The van der Waals surface area contributed by atoms with Gasteiger partial charge in [0.2, 0.25) is 5.91 Å². The summed E-state index contributed by atoms with van der Waals surface area (Å²) in [5.41, 5.74) is 0.936. The molecule has 124 valence electrons. The fourth-order valence-electron chi connectivity index (χ4n) is 3.71. The van der Waals surface area contributed by atoms with E-state index >= 15 is 0 Å². The molecule has 0 aromatic carbocycles. The molecule has 1 aromatic heterocycles. The predicted octanol–water partition coefficient (Wildman–Crippen LogP) is 1.06. The van der Waals surface area contributed by atoms with E-state index in [2.05, 4.69) is 15.2 Å². The number of amides is 1. The third kappa shape index (κ3) is 2.54. The van der Waals surface area contributed by atoms with Gasteiger partial charge in [-0.15, -0.1) is 0 Å². The van der Waals surface area contributed by atoms with E-state index in [0.717, 1.165) is 49.7 Å². The Balaban J connectivity index is 1.52. The molecular formula is C16H21ClN4O2. The van der Waals surface area contributed by atoms with Crippen LogP contribution >= 0.6 is 11.6 Å². The van der Waals surface area contributed by atoms with Gasteiger partial charge in [0.15, 0.2) is 11.6 Å². The van der Waals surface area contributed by atoms with Crippen molar-refractivity contribution in [3.05, 3.63) is 16.8 Å². The highest BCUT2D eigenvalue weighted by Crippen LogP contribution is 2.38. The quantitative estimate of drug-likeness (QED) is 0.831. The highest BCUT2D eigenvalue weighted by Gasteiger charge is 2.38. The van der Waals surface area contributed by atoms with E-state index < -0.39 is 0 Å². The van der Waals surface area contributed by atoms with Crippen molar-refractivity contribution in [2.45, 2.75) is 19.4 Å². The summed E-state index contributed by atoms with van der Waals surface area (Å²) in [7, 11) is 0. The first kappa shape index (κ1) is 15.0. The van der Waals surface area contributed by atoms with Crippen molar-refractivity contribution in [1.29, 1.82) is 0 Å². The number of piperazine rings is 1. The monoisotopic (exact) mass is 336 g/mol. The Morgan fingerprint density at radius 1 is 1.48 bits per heavy atom. The smallest absolute Gasteiger partial charge is 0.227 e. The molecule has 0 spiro atoms. The lowest BCUT2D eigenvalue weighted by molar-refractivity contribution is -0.135. The molecule has 1 N–H and O–H groups in total. The van der Waals surface area contributed by atoms with E-state index in [1.165, 1.54) is 0 Å². The Kier molecular flexibility index (Phi) is 3.81. The summed E-state index contributed by atoms with van der Waals surface area (Å²) in [6, 6.07) is 0.169. The third-order valence-electron chi connectivity index (χ3n) is 5.10. The first-order valence-electron chi connectivity index (χ1n) is 8.19. The lowest BCUT2D eigenvalue weighted by Crippen LogP contribution is -2.59. The minimum absolute atomic E-state index is 0.137. The maximum atomic E-state index is 12.6. The van der Waals surface area contributed by atoms with Crippen LogP contribution < -0.4 is 15.0 Å². The first-order valence-corrected chi connectivity index (χ1v) is 8.57. The minimum Gasteiger partial charge on any atom is -0.487 e. The zero-order valence-electron chi connectivity index (χ0n) is 13.2. The lowest BCUT2D eigenvalue weighted by atomic mass is 10.0. The van der Waals surface area contributed by atoms with Gasteiger partial charge >= 0.3 is 0 Å². The van der Waals surface area contributed by atoms with E-state index in [9.17, 15) is 4.79 Å². The maximum absolute atomic E-state index is 12.6. The Hall–Kier alpha value is -1.53. The Morgan fingerprint density at radius 2 is 2.35 bits per heavy atom. The summed E-state index contributed by atoms with van der Waals surface area (Å²) < 4.78 is 5.92. The van der Waals surface area contributed by atoms with Crippen molar-refractivity contribution >= 4 is 23.3 Å². The van der Waals surface area contributed by atoms with Crippen molar-refractivity contribution in [2.24, 2.45) is 5.92 Å².